The molecule has 0 spiro atoms. The fourth-order valence-electron chi connectivity index (χ4n) is 3.50. The van der Waals surface area contributed by atoms with Crippen LogP contribution in [-0.4, -0.2) is 40.5 Å². The van der Waals surface area contributed by atoms with Gasteiger partial charge in [0.05, 0.1) is 10.3 Å². The van der Waals surface area contributed by atoms with E-state index >= 15 is 0 Å². The molecule has 1 aliphatic heterocycles. The fourth-order valence-corrected chi connectivity index (χ4v) is 4.80. The second-order valence-electron chi connectivity index (χ2n) is 8.03. The van der Waals surface area contributed by atoms with Gasteiger partial charge < -0.3 is 10.6 Å². The van der Waals surface area contributed by atoms with Gasteiger partial charge in [-0.3, -0.25) is 0 Å². The first-order chi connectivity index (χ1) is 13.3. The van der Waals surface area contributed by atoms with E-state index in [1.165, 1.54) is 10.3 Å². The molecule has 1 fully saturated rings. The zero-order chi connectivity index (χ0) is 19.9. The normalized spacial score (nSPS) is 19.6. The number of aromatic nitrogens is 3. The molecule has 4 rings (SSSR count). The molecule has 0 radical (unpaired) electrons. The lowest BCUT2D eigenvalue weighted by atomic mass is 9.91. The Kier molecular flexibility index (Phi) is 4.63. The molecule has 3 heterocycles. The van der Waals surface area contributed by atoms with Crippen molar-refractivity contribution in [2.75, 3.05) is 11.9 Å². The van der Waals surface area contributed by atoms with E-state index in [2.05, 4.69) is 34.4 Å². The number of hydrogen-bond donors (Lipinski definition) is 2. The van der Waals surface area contributed by atoms with Crippen molar-refractivity contribution in [3.05, 3.63) is 48.4 Å². The van der Waals surface area contributed by atoms with Crippen molar-refractivity contribution >= 4 is 26.9 Å². The van der Waals surface area contributed by atoms with Crippen LogP contribution in [0.2, 0.25) is 0 Å². The van der Waals surface area contributed by atoms with Gasteiger partial charge in [-0.05, 0) is 51.8 Å². The predicted octanol–water partition coefficient (Wildman–Crippen LogP) is 2.92. The molecule has 7 nitrogen and oxygen atoms in total. The average Bonchev–Trinajstić information content (AvgIpc) is 3.10. The second-order valence-corrected chi connectivity index (χ2v) is 9.85. The summed E-state index contributed by atoms with van der Waals surface area (Å²) in [6.45, 7) is 7.15. The van der Waals surface area contributed by atoms with Crippen molar-refractivity contribution in [2.24, 2.45) is 0 Å². The number of nitrogens with one attached hydrogen (secondary N) is 2. The van der Waals surface area contributed by atoms with E-state index in [1.807, 2.05) is 6.92 Å². The Morgan fingerprint density at radius 3 is 2.61 bits per heavy atom. The number of fused-ring (bicyclic) bond motifs is 1. The molecule has 0 bridgehead atoms. The Hall–Kier alpha value is -2.45. The van der Waals surface area contributed by atoms with E-state index in [-0.39, 0.29) is 16.5 Å². The summed E-state index contributed by atoms with van der Waals surface area (Å²) in [5.74, 6) is 0.661. The fraction of sp³-hybridized carbons (Fsp3) is 0.400. The molecule has 2 aromatic heterocycles. The number of nitrogens with zero attached hydrogens (tertiary/aromatic N) is 3. The molecule has 0 aliphatic carbocycles. The summed E-state index contributed by atoms with van der Waals surface area (Å²) in [6.07, 6.45) is 5.03. The van der Waals surface area contributed by atoms with Gasteiger partial charge in [-0.1, -0.05) is 17.7 Å². The van der Waals surface area contributed by atoms with Gasteiger partial charge in [0.15, 0.2) is 5.65 Å². The molecule has 0 amide bonds. The first kappa shape index (κ1) is 18.9. The van der Waals surface area contributed by atoms with Gasteiger partial charge in [0, 0.05) is 24.3 Å². The van der Waals surface area contributed by atoms with E-state index in [9.17, 15) is 8.42 Å². The molecule has 1 unspecified atom stereocenters. The molecule has 0 saturated carbocycles. The first-order valence-electron chi connectivity index (χ1n) is 9.42. The van der Waals surface area contributed by atoms with Crippen LogP contribution in [0.15, 0.2) is 47.8 Å². The molecule has 148 valence electrons. The summed E-state index contributed by atoms with van der Waals surface area (Å²) >= 11 is 0. The quantitative estimate of drug-likeness (QED) is 0.701. The molecular weight excluding hydrogens is 374 g/mol. The molecule has 28 heavy (non-hydrogen) atoms. The Balaban J connectivity index is 1.66. The lowest BCUT2D eigenvalue weighted by molar-refractivity contribution is 0.289. The summed E-state index contributed by atoms with van der Waals surface area (Å²) < 4.78 is 27.4. The van der Waals surface area contributed by atoms with Crippen molar-refractivity contribution in [2.45, 2.75) is 50.1 Å². The number of rotatable bonds is 4. The Morgan fingerprint density at radius 2 is 1.93 bits per heavy atom. The molecule has 1 aromatic carbocycles. The summed E-state index contributed by atoms with van der Waals surface area (Å²) in [4.78, 5) is 8.84. The van der Waals surface area contributed by atoms with Crippen LogP contribution in [0.25, 0.3) is 11.0 Å². The van der Waals surface area contributed by atoms with E-state index in [4.69, 9.17) is 0 Å². The Bertz CT molecular complexity index is 1090. The van der Waals surface area contributed by atoms with Crippen LogP contribution in [0.4, 0.5) is 5.82 Å². The van der Waals surface area contributed by atoms with Crippen LogP contribution in [-0.2, 0) is 10.0 Å². The van der Waals surface area contributed by atoms with Crippen LogP contribution in [0.3, 0.4) is 0 Å². The van der Waals surface area contributed by atoms with Crippen LogP contribution in [0.5, 0.6) is 0 Å². The SMILES string of the molecule is Cc1ccc(S(=O)(=O)n2ccc3c(NC4CCC(C)(C)NC4)ncnc32)cc1. The van der Waals surface area contributed by atoms with E-state index < -0.39 is 10.0 Å². The average molecular weight is 400 g/mol. The number of aryl methyl sites for hydroxylation is 1. The van der Waals surface area contributed by atoms with Crippen molar-refractivity contribution in [1.82, 2.24) is 19.3 Å². The predicted molar refractivity (Wildman–Crippen MR) is 110 cm³/mol. The van der Waals surface area contributed by atoms with Crippen molar-refractivity contribution in [3.8, 4) is 0 Å². The number of benzene rings is 1. The van der Waals surface area contributed by atoms with Gasteiger partial charge in [0.1, 0.15) is 12.1 Å². The molecule has 8 heteroatoms. The summed E-state index contributed by atoms with van der Waals surface area (Å²) in [5, 5.41) is 7.67. The zero-order valence-corrected chi connectivity index (χ0v) is 17.1. The minimum absolute atomic E-state index is 0.143. The number of hydrogen-bond acceptors (Lipinski definition) is 6. The van der Waals surface area contributed by atoms with E-state index in [0.29, 0.717) is 16.9 Å². The van der Waals surface area contributed by atoms with E-state index in [1.54, 1.807) is 36.5 Å². The Labute approximate surface area is 165 Å². The standard InChI is InChI=1S/C20H25N5O2S/c1-14-4-6-16(7-5-14)28(26,27)25-11-9-17-18(21-13-22-19(17)25)24-15-8-10-20(2,3)23-12-15/h4-7,9,11,13,15,23H,8,10,12H2,1-3H3,(H,21,22,24). The second kappa shape index (κ2) is 6.86. The summed E-state index contributed by atoms with van der Waals surface area (Å²) in [6, 6.07) is 8.81. The third-order valence-electron chi connectivity index (χ3n) is 5.31. The Morgan fingerprint density at radius 1 is 1.18 bits per heavy atom. The highest BCUT2D eigenvalue weighted by atomic mass is 32.2. The van der Waals surface area contributed by atoms with Gasteiger partial charge >= 0.3 is 0 Å². The van der Waals surface area contributed by atoms with Crippen LogP contribution < -0.4 is 10.6 Å². The van der Waals surface area contributed by atoms with E-state index in [0.717, 1.165) is 24.9 Å². The lowest BCUT2D eigenvalue weighted by Gasteiger charge is -2.36. The maximum absolute atomic E-state index is 13.1. The van der Waals surface area contributed by atoms with Crippen molar-refractivity contribution in [3.63, 3.8) is 0 Å². The van der Waals surface area contributed by atoms with Crippen LogP contribution in [0.1, 0.15) is 32.3 Å². The topological polar surface area (TPSA) is 88.9 Å². The van der Waals surface area contributed by atoms with Crippen LogP contribution >= 0.6 is 0 Å². The molecular formula is C20H25N5O2S. The van der Waals surface area contributed by atoms with Gasteiger partial charge in [-0.15, -0.1) is 0 Å². The monoisotopic (exact) mass is 399 g/mol. The third-order valence-corrected chi connectivity index (χ3v) is 6.99. The minimum Gasteiger partial charge on any atom is -0.365 e. The first-order valence-corrected chi connectivity index (χ1v) is 10.9. The minimum atomic E-state index is -3.72. The van der Waals surface area contributed by atoms with Gasteiger partial charge in [-0.25, -0.2) is 22.4 Å². The largest absolute Gasteiger partial charge is 0.365 e. The molecule has 2 N–H and O–H groups in total. The molecule has 1 atom stereocenters. The highest BCUT2D eigenvalue weighted by molar-refractivity contribution is 7.90. The number of anilines is 1. The molecule has 1 saturated heterocycles. The summed E-state index contributed by atoms with van der Waals surface area (Å²) in [5.41, 5.74) is 1.53. The van der Waals surface area contributed by atoms with Crippen molar-refractivity contribution in [1.29, 1.82) is 0 Å². The maximum atomic E-state index is 13.1. The lowest BCUT2D eigenvalue weighted by Crippen LogP contribution is -2.50. The third kappa shape index (κ3) is 3.49. The highest BCUT2D eigenvalue weighted by Crippen LogP contribution is 2.27. The van der Waals surface area contributed by atoms with Crippen molar-refractivity contribution < 1.29 is 8.42 Å². The highest BCUT2D eigenvalue weighted by Gasteiger charge is 2.27. The van der Waals surface area contributed by atoms with Gasteiger partial charge in [0.2, 0.25) is 0 Å². The summed E-state index contributed by atoms with van der Waals surface area (Å²) in [7, 11) is -3.72. The smallest absolute Gasteiger partial charge is 0.269 e. The van der Waals surface area contributed by atoms with Gasteiger partial charge in [0.25, 0.3) is 10.0 Å². The van der Waals surface area contributed by atoms with Gasteiger partial charge in [-0.2, -0.15) is 0 Å². The number of piperidine rings is 1. The molecule has 3 aromatic rings. The van der Waals surface area contributed by atoms with Crippen LogP contribution in [0, 0.1) is 6.92 Å². The maximum Gasteiger partial charge on any atom is 0.269 e. The zero-order valence-electron chi connectivity index (χ0n) is 16.3. The molecule has 1 aliphatic rings.